The Hall–Kier alpha value is -1.55. The predicted octanol–water partition coefficient (Wildman–Crippen LogP) is 2.04. The number of hydrogen-bond donors (Lipinski definition) is 1. The molecule has 1 rings (SSSR count). The monoisotopic (exact) mass is 264 g/mol. The summed E-state index contributed by atoms with van der Waals surface area (Å²) in [4.78, 5) is 13.6. The molecule has 1 aromatic rings. The molecule has 0 spiro atoms. The van der Waals surface area contributed by atoms with Crippen LogP contribution in [0.2, 0.25) is 0 Å². The molecule has 0 radical (unpaired) electrons. The maximum Gasteiger partial charge on any atom is 0.234 e. The van der Waals surface area contributed by atoms with Crippen molar-refractivity contribution in [3.8, 4) is 5.75 Å². The summed E-state index contributed by atoms with van der Waals surface area (Å²) in [6.45, 7) is 7.72. The molecule has 0 aliphatic carbocycles. The summed E-state index contributed by atoms with van der Waals surface area (Å²) >= 11 is 0. The highest BCUT2D eigenvalue weighted by atomic mass is 16.5. The van der Waals surface area contributed by atoms with Gasteiger partial charge in [-0.15, -0.1) is 0 Å². The minimum atomic E-state index is 0.0587. The third kappa shape index (κ3) is 6.25. The van der Waals surface area contributed by atoms with Gasteiger partial charge in [-0.25, -0.2) is 0 Å². The number of nitrogens with one attached hydrogen (secondary N) is 1. The highest BCUT2D eigenvalue weighted by Crippen LogP contribution is 2.13. The van der Waals surface area contributed by atoms with E-state index in [0.717, 1.165) is 12.3 Å². The molecular weight excluding hydrogens is 240 g/mol. The van der Waals surface area contributed by atoms with Gasteiger partial charge in [0.2, 0.25) is 5.91 Å². The predicted molar refractivity (Wildman–Crippen MR) is 77.2 cm³/mol. The van der Waals surface area contributed by atoms with Crippen LogP contribution in [0.25, 0.3) is 0 Å². The number of carbonyl (C=O) groups is 1. The first-order valence-electron chi connectivity index (χ1n) is 6.71. The maximum atomic E-state index is 11.6. The Morgan fingerprint density at radius 3 is 2.47 bits per heavy atom. The largest absolute Gasteiger partial charge is 0.494 e. The smallest absolute Gasteiger partial charge is 0.234 e. The first kappa shape index (κ1) is 15.5. The van der Waals surface area contributed by atoms with Gasteiger partial charge < -0.3 is 10.1 Å². The molecule has 1 aromatic carbocycles. The van der Waals surface area contributed by atoms with E-state index in [1.165, 1.54) is 5.56 Å². The van der Waals surface area contributed by atoms with Crippen molar-refractivity contribution in [3.05, 3.63) is 29.8 Å². The molecule has 4 nitrogen and oxygen atoms in total. The van der Waals surface area contributed by atoms with Crippen LogP contribution in [0.15, 0.2) is 24.3 Å². The lowest BCUT2D eigenvalue weighted by Gasteiger charge is -2.17. The van der Waals surface area contributed by atoms with Gasteiger partial charge in [0.15, 0.2) is 0 Å². The molecule has 1 N–H and O–H groups in total. The Labute approximate surface area is 115 Å². The highest BCUT2D eigenvalue weighted by molar-refractivity contribution is 5.78. The van der Waals surface area contributed by atoms with Crippen molar-refractivity contribution in [1.29, 1.82) is 0 Å². The zero-order chi connectivity index (χ0) is 14.3. The van der Waals surface area contributed by atoms with Crippen molar-refractivity contribution >= 4 is 5.91 Å². The molecule has 4 heteroatoms. The van der Waals surface area contributed by atoms with Crippen LogP contribution >= 0.6 is 0 Å². The number of hydrogen-bond acceptors (Lipinski definition) is 3. The molecule has 0 fully saturated rings. The Morgan fingerprint density at radius 1 is 1.32 bits per heavy atom. The van der Waals surface area contributed by atoms with E-state index in [1.807, 2.05) is 57.0 Å². The summed E-state index contributed by atoms with van der Waals surface area (Å²) in [6, 6.07) is 8.16. The molecule has 0 aromatic heterocycles. The van der Waals surface area contributed by atoms with Gasteiger partial charge in [0.1, 0.15) is 5.75 Å². The second kappa shape index (κ2) is 7.79. The number of rotatable bonds is 7. The van der Waals surface area contributed by atoms with E-state index >= 15 is 0 Å². The van der Waals surface area contributed by atoms with Crippen LogP contribution < -0.4 is 10.1 Å². The van der Waals surface area contributed by atoms with Gasteiger partial charge in [-0.1, -0.05) is 12.1 Å². The summed E-state index contributed by atoms with van der Waals surface area (Å²) in [5, 5.41) is 2.88. The highest BCUT2D eigenvalue weighted by Gasteiger charge is 2.08. The molecule has 106 valence electrons. The maximum absolute atomic E-state index is 11.6. The van der Waals surface area contributed by atoms with E-state index in [1.54, 1.807) is 0 Å². The van der Waals surface area contributed by atoms with Crippen molar-refractivity contribution in [1.82, 2.24) is 10.2 Å². The lowest BCUT2D eigenvalue weighted by molar-refractivity contribution is -0.122. The average molecular weight is 264 g/mol. The quantitative estimate of drug-likeness (QED) is 0.819. The molecule has 0 atom stereocenters. The van der Waals surface area contributed by atoms with Crippen molar-refractivity contribution < 1.29 is 9.53 Å². The molecule has 1 amide bonds. The number of nitrogens with zero attached hydrogens (tertiary/aromatic N) is 1. The van der Waals surface area contributed by atoms with Crippen LogP contribution in [0.4, 0.5) is 0 Å². The first-order chi connectivity index (χ1) is 9.01. The van der Waals surface area contributed by atoms with Gasteiger partial charge >= 0.3 is 0 Å². The summed E-state index contributed by atoms with van der Waals surface area (Å²) in [7, 11) is 1.94. The zero-order valence-electron chi connectivity index (χ0n) is 12.3. The number of likely N-dealkylation sites (N-methyl/N-ethyl adjacent to an activating group) is 1. The van der Waals surface area contributed by atoms with Crippen molar-refractivity contribution in [2.45, 2.75) is 33.4 Å². The average Bonchev–Trinajstić information content (AvgIpc) is 2.30. The van der Waals surface area contributed by atoms with Crippen LogP contribution in [0.1, 0.15) is 26.3 Å². The van der Waals surface area contributed by atoms with Crippen molar-refractivity contribution in [2.75, 3.05) is 20.2 Å². The molecule has 0 aliphatic rings. The van der Waals surface area contributed by atoms with E-state index in [0.29, 0.717) is 13.2 Å². The van der Waals surface area contributed by atoms with Gasteiger partial charge in [0.05, 0.1) is 13.2 Å². The van der Waals surface area contributed by atoms with Crippen LogP contribution in [0, 0.1) is 0 Å². The minimum Gasteiger partial charge on any atom is -0.494 e. The first-order valence-corrected chi connectivity index (χ1v) is 6.71. The van der Waals surface area contributed by atoms with Crippen LogP contribution in [-0.4, -0.2) is 37.0 Å². The Kier molecular flexibility index (Phi) is 6.36. The van der Waals surface area contributed by atoms with Crippen molar-refractivity contribution in [2.24, 2.45) is 0 Å². The Balaban J connectivity index is 2.43. The lowest BCUT2D eigenvalue weighted by Crippen LogP contribution is -2.38. The molecule has 0 saturated carbocycles. The van der Waals surface area contributed by atoms with E-state index < -0.39 is 0 Å². The summed E-state index contributed by atoms with van der Waals surface area (Å²) in [5.41, 5.74) is 1.17. The van der Waals surface area contributed by atoms with Crippen molar-refractivity contribution in [3.63, 3.8) is 0 Å². The topological polar surface area (TPSA) is 41.6 Å². The summed E-state index contributed by atoms with van der Waals surface area (Å²) in [5.74, 6) is 0.940. The summed E-state index contributed by atoms with van der Waals surface area (Å²) in [6.07, 6.45) is 0. The SMILES string of the molecule is CCOc1ccc(CN(C)CC(=O)NC(C)C)cc1. The van der Waals surface area contributed by atoms with Gasteiger partial charge in [-0.2, -0.15) is 0 Å². The number of carbonyl (C=O) groups excluding carboxylic acids is 1. The lowest BCUT2D eigenvalue weighted by atomic mass is 10.2. The van der Waals surface area contributed by atoms with E-state index in [4.69, 9.17) is 4.74 Å². The number of amides is 1. The normalized spacial score (nSPS) is 10.8. The molecule has 0 aliphatic heterocycles. The third-order valence-electron chi connectivity index (χ3n) is 2.55. The van der Waals surface area contributed by atoms with E-state index in [-0.39, 0.29) is 11.9 Å². The van der Waals surface area contributed by atoms with Gasteiger partial charge in [0, 0.05) is 12.6 Å². The standard InChI is InChI=1S/C15H24N2O2/c1-5-19-14-8-6-13(7-9-14)10-17(4)11-15(18)16-12(2)3/h6-9,12H,5,10-11H2,1-4H3,(H,16,18). The van der Waals surface area contributed by atoms with E-state index in [2.05, 4.69) is 5.32 Å². The number of ether oxygens (including phenoxy) is 1. The zero-order valence-corrected chi connectivity index (χ0v) is 12.3. The van der Waals surface area contributed by atoms with E-state index in [9.17, 15) is 4.79 Å². The fourth-order valence-electron chi connectivity index (χ4n) is 1.84. The van der Waals surface area contributed by atoms with Crippen LogP contribution in [-0.2, 0) is 11.3 Å². The second-order valence-electron chi connectivity index (χ2n) is 4.97. The third-order valence-corrected chi connectivity index (χ3v) is 2.55. The van der Waals surface area contributed by atoms with Gasteiger partial charge in [-0.3, -0.25) is 9.69 Å². The van der Waals surface area contributed by atoms with Crippen LogP contribution in [0.5, 0.6) is 5.75 Å². The fraction of sp³-hybridized carbons (Fsp3) is 0.533. The van der Waals surface area contributed by atoms with Crippen LogP contribution in [0.3, 0.4) is 0 Å². The molecule has 0 unspecified atom stereocenters. The Bertz CT molecular complexity index is 388. The second-order valence-corrected chi connectivity index (χ2v) is 4.97. The summed E-state index contributed by atoms with van der Waals surface area (Å²) < 4.78 is 5.40. The minimum absolute atomic E-state index is 0.0587. The Morgan fingerprint density at radius 2 is 1.95 bits per heavy atom. The van der Waals surface area contributed by atoms with Gasteiger partial charge in [0.25, 0.3) is 0 Å². The molecule has 19 heavy (non-hydrogen) atoms. The molecule has 0 bridgehead atoms. The molecule has 0 heterocycles. The fourth-order valence-corrected chi connectivity index (χ4v) is 1.84. The van der Waals surface area contributed by atoms with Gasteiger partial charge in [-0.05, 0) is 45.5 Å². The molecular formula is C15H24N2O2. The molecule has 0 saturated heterocycles. The number of benzene rings is 1.